The molecule has 1 fully saturated rings. The molecule has 0 amide bonds. The summed E-state index contributed by atoms with van der Waals surface area (Å²) in [5.74, 6) is 0.766. The Bertz CT molecular complexity index is 848. The minimum absolute atomic E-state index is 0.270. The van der Waals surface area contributed by atoms with Crippen LogP contribution in [0.15, 0.2) is 16.3 Å². The van der Waals surface area contributed by atoms with Crippen molar-refractivity contribution in [3.05, 3.63) is 6.33 Å². The summed E-state index contributed by atoms with van der Waals surface area (Å²) in [6.07, 6.45) is 2.93. The van der Waals surface area contributed by atoms with E-state index in [0.29, 0.717) is 29.4 Å². The van der Waals surface area contributed by atoms with E-state index in [-0.39, 0.29) is 6.61 Å². The number of fused-ring (bicyclic) bond motifs is 1. The maximum Gasteiger partial charge on any atom is 0.235 e. The van der Waals surface area contributed by atoms with Gasteiger partial charge >= 0.3 is 0 Å². The number of aliphatic hydroxyl groups excluding tert-OH is 2. The van der Waals surface area contributed by atoms with Crippen molar-refractivity contribution in [3.63, 3.8) is 0 Å². The summed E-state index contributed by atoms with van der Waals surface area (Å²) in [4.78, 5) is 25.4. The molecule has 11 nitrogen and oxygen atoms in total. The molecule has 3 heterocycles. The lowest BCUT2D eigenvalue weighted by atomic mass is 10.2. The largest absolute Gasteiger partial charge is 0.394 e. The van der Waals surface area contributed by atoms with Crippen LogP contribution < -0.4 is 0 Å². The van der Waals surface area contributed by atoms with E-state index >= 15 is 0 Å². The molecule has 1 saturated heterocycles. The summed E-state index contributed by atoms with van der Waals surface area (Å²) < 4.78 is 7.49. The average molecular weight is 376 g/mol. The molecule has 0 unspecified atom stereocenters. The molecule has 0 bridgehead atoms. The lowest BCUT2D eigenvalue weighted by Crippen LogP contribution is -2.24. The van der Waals surface area contributed by atoms with Gasteiger partial charge in [-0.2, -0.15) is 0 Å². The van der Waals surface area contributed by atoms with Crippen molar-refractivity contribution in [1.82, 2.24) is 29.3 Å². The Morgan fingerprint density at radius 2 is 1.93 bits per heavy atom. The van der Waals surface area contributed by atoms with Gasteiger partial charge in [-0.15, -0.1) is 0 Å². The molecule has 2 N–H and O–H groups in total. The van der Waals surface area contributed by atoms with E-state index in [9.17, 15) is 10.2 Å². The zero-order valence-corrected chi connectivity index (χ0v) is 15.8. The predicted octanol–water partition coefficient (Wildman–Crippen LogP) is -0.0902. The van der Waals surface area contributed by atoms with Crippen molar-refractivity contribution in [2.75, 3.05) is 34.8 Å². The number of aliphatic hydroxyl groups is 2. The predicted molar refractivity (Wildman–Crippen MR) is 101 cm³/mol. The van der Waals surface area contributed by atoms with Gasteiger partial charge in [-0.25, -0.2) is 24.9 Å². The zero-order chi connectivity index (χ0) is 19.6. The molecule has 27 heavy (non-hydrogen) atoms. The topological polar surface area (TPSA) is 124 Å². The third-order valence-electron chi connectivity index (χ3n) is 3.93. The fourth-order valence-electron chi connectivity index (χ4n) is 2.71. The number of ether oxygens (including phenoxy) is 1. The lowest BCUT2D eigenvalue weighted by molar-refractivity contribution is -0.0426. The molecule has 2 aromatic rings. The second-order valence-corrected chi connectivity index (χ2v) is 6.68. The van der Waals surface area contributed by atoms with Gasteiger partial charge in [0, 0.05) is 34.6 Å². The third kappa shape index (κ3) is 4.04. The molecule has 0 radical (unpaired) electrons. The van der Waals surface area contributed by atoms with Crippen molar-refractivity contribution in [1.29, 1.82) is 0 Å². The highest BCUT2D eigenvalue weighted by Crippen LogP contribution is 2.36. The molecule has 3 atom stereocenters. The van der Waals surface area contributed by atoms with Crippen molar-refractivity contribution < 1.29 is 14.9 Å². The van der Waals surface area contributed by atoms with Crippen LogP contribution in [0, 0.1) is 0 Å². The highest BCUT2D eigenvalue weighted by molar-refractivity contribution is 5.85. The Balaban J connectivity index is 2.12. The van der Waals surface area contributed by atoms with Crippen LogP contribution in [0.5, 0.6) is 0 Å². The SMILES string of the molecule is CN(C)C=Nc1ncnc2c1nc(N=CN(C)C)n2[C@H]1C[C@H](O)[C@@H](CO)O1. The summed E-state index contributed by atoms with van der Waals surface area (Å²) in [7, 11) is 7.41. The summed E-state index contributed by atoms with van der Waals surface area (Å²) in [6.45, 7) is -0.270. The quantitative estimate of drug-likeness (QED) is 0.529. The third-order valence-corrected chi connectivity index (χ3v) is 3.93. The fraction of sp³-hybridized carbons (Fsp3) is 0.562. The summed E-state index contributed by atoms with van der Waals surface area (Å²) in [5.41, 5.74) is 0.977. The smallest absolute Gasteiger partial charge is 0.235 e. The zero-order valence-electron chi connectivity index (χ0n) is 15.8. The van der Waals surface area contributed by atoms with Gasteiger partial charge in [0.2, 0.25) is 5.95 Å². The van der Waals surface area contributed by atoms with Crippen molar-refractivity contribution in [3.8, 4) is 0 Å². The van der Waals surface area contributed by atoms with Gasteiger partial charge in [-0.3, -0.25) is 4.57 Å². The first-order chi connectivity index (χ1) is 12.9. The van der Waals surface area contributed by atoms with Gasteiger partial charge in [-0.1, -0.05) is 0 Å². The number of hydrogen-bond acceptors (Lipinski definition) is 8. The highest BCUT2D eigenvalue weighted by atomic mass is 16.5. The van der Waals surface area contributed by atoms with E-state index in [4.69, 9.17) is 4.74 Å². The van der Waals surface area contributed by atoms with E-state index in [1.165, 1.54) is 6.33 Å². The average Bonchev–Trinajstić information content (AvgIpc) is 3.17. The van der Waals surface area contributed by atoms with Crippen LogP contribution in [-0.4, -0.2) is 99.2 Å². The summed E-state index contributed by atoms with van der Waals surface area (Å²) >= 11 is 0. The Hall–Kier alpha value is -2.63. The van der Waals surface area contributed by atoms with Crippen LogP contribution >= 0.6 is 0 Å². The fourth-order valence-corrected chi connectivity index (χ4v) is 2.71. The van der Waals surface area contributed by atoms with Gasteiger partial charge < -0.3 is 24.7 Å². The number of aromatic nitrogens is 4. The molecule has 146 valence electrons. The summed E-state index contributed by atoms with van der Waals surface area (Å²) in [6, 6.07) is 0. The van der Waals surface area contributed by atoms with Crippen LogP contribution in [0.2, 0.25) is 0 Å². The van der Waals surface area contributed by atoms with Gasteiger partial charge in [0.1, 0.15) is 18.7 Å². The Labute approximate surface area is 156 Å². The molecular formula is C16H24N8O3. The highest BCUT2D eigenvalue weighted by Gasteiger charge is 2.37. The van der Waals surface area contributed by atoms with E-state index in [0.717, 1.165) is 0 Å². The lowest BCUT2D eigenvalue weighted by Gasteiger charge is -2.15. The first kappa shape index (κ1) is 19.1. The van der Waals surface area contributed by atoms with Crippen molar-refractivity contribution in [2.45, 2.75) is 24.9 Å². The Morgan fingerprint density at radius 1 is 1.22 bits per heavy atom. The maximum atomic E-state index is 10.1. The molecule has 11 heteroatoms. The molecule has 1 aliphatic heterocycles. The van der Waals surface area contributed by atoms with Crippen molar-refractivity contribution in [2.24, 2.45) is 9.98 Å². The van der Waals surface area contributed by atoms with Crippen LogP contribution in [0.3, 0.4) is 0 Å². The number of rotatable bonds is 6. The number of hydrogen-bond donors (Lipinski definition) is 2. The number of nitrogens with zero attached hydrogens (tertiary/aromatic N) is 8. The molecule has 1 aliphatic rings. The standard InChI is InChI=1S/C16H24N8O3/c1-22(2)8-19-14-13-15(18-7-17-14)24(16(21-13)20-9-23(3)4)12-5-10(26)11(6-25)27-12/h7-12,25-26H,5-6H2,1-4H3/t10-,11+,12+/m0/s1. The minimum atomic E-state index is -0.781. The van der Waals surface area contributed by atoms with E-state index in [1.807, 2.05) is 28.2 Å². The molecule has 2 aromatic heterocycles. The molecular weight excluding hydrogens is 352 g/mol. The van der Waals surface area contributed by atoms with E-state index in [1.54, 1.807) is 27.0 Å². The maximum absolute atomic E-state index is 10.1. The monoisotopic (exact) mass is 376 g/mol. The first-order valence-electron chi connectivity index (χ1n) is 8.49. The van der Waals surface area contributed by atoms with E-state index < -0.39 is 18.4 Å². The molecule has 0 aliphatic carbocycles. The van der Waals surface area contributed by atoms with Crippen LogP contribution in [0.4, 0.5) is 11.8 Å². The molecule has 0 spiro atoms. The first-order valence-corrected chi connectivity index (χ1v) is 8.49. The van der Waals surface area contributed by atoms with Crippen LogP contribution in [-0.2, 0) is 4.74 Å². The second kappa shape index (κ2) is 7.94. The number of imidazole rings is 1. The van der Waals surface area contributed by atoms with Crippen LogP contribution in [0.1, 0.15) is 12.6 Å². The second-order valence-electron chi connectivity index (χ2n) is 6.68. The Kier molecular flexibility index (Phi) is 5.63. The Morgan fingerprint density at radius 3 is 2.56 bits per heavy atom. The minimum Gasteiger partial charge on any atom is -0.394 e. The van der Waals surface area contributed by atoms with Gasteiger partial charge in [0.05, 0.1) is 25.4 Å². The normalized spacial score (nSPS) is 23.1. The van der Waals surface area contributed by atoms with Crippen LogP contribution in [0.25, 0.3) is 11.2 Å². The number of aliphatic imine (C=N–C) groups is 2. The molecule has 0 saturated carbocycles. The molecule has 0 aromatic carbocycles. The van der Waals surface area contributed by atoms with Gasteiger partial charge in [-0.05, 0) is 0 Å². The van der Waals surface area contributed by atoms with Gasteiger partial charge in [0.25, 0.3) is 0 Å². The summed E-state index contributed by atoms with van der Waals surface area (Å²) in [5, 5.41) is 19.5. The van der Waals surface area contributed by atoms with Crippen molar-refractivity contribution >= 4 is 35.6 Å². The van der Waals surface area contributed by atoms with E-state index in [2.05, 4.69) is 24.9 Å². The molecule has 3 rings (SSSR count). The van der Waals surface area contributed by atoms with Gasteiger partial charge in [0.15, 0.2) is 17.0 Å².